The maximum Gasteiger partial charge on any atom is 0.433 e. The van der Waals surface area contributed by atoms with E-state index in [0.29, 0.717) is 41.4 Å². The maximum atomic E-state index is 13.9. The van der Waals surface area contributed by atoms with Crippen LogP contribution in [0.25, 0.3) is 21.3 Å². The predicted octanol–water partition coefficient (Wildman–Crippen LogP) is 5.58. The topological polar surface area (TPSA) is 69.6 Å². The van der Waals surface area contributed by atoms with Gasteiger partial charge in [-0.15, -0.1) is 0 Å². The van der Waals surface area contributed by atoms with Crippen molar-refractivity contribution in [2.45, 2.75) is 25.7 Å². The summed E-state index contributed by atoms with van der Waals surface area (Å²) in [6.45, 7) is 3.78. The van der Waals surface area contributed by atoms with E-state index >= 15 is 0 Å². The van der Waals surface area contributed by atoms with Gasteiger partial charge in [0.25, 0.3) is 5.88 Å². The monoisotopic (exact) mass is 516 g/mol. The Morgan fingerprint density at radius 3 is 2.69 bits per heavy atom. The smallest absolute Gasteiger partial charge is 0.433 e. The first-order chi connectivity index (χ1) is 17.3. The van der Waals surface area contributed by atoms with E-state index in [0.717, 1.165) is 29.0 Å². The van der Waals surface area contributed by atoms with E-state index in [-0.39, 0.29) is 24.1 Å². The van der Waals surface area contributed by atoms with Gasteiger partial charge in [0.2, 0.25) is 0 Å². The molecule has 0 aliphatic carbocycles. The number of halogens is 3. The minimum absolute atomic E-state index is 0.00259. The van der Waals surface area contributed by atoms with E-state index in [4.69, 9.17) is 19.2 Å². The molecule has 11 heteroatoms. The van der Waals surface area contributed by atoms with Crippen LogP contribution in [-0.2, 0) is 17.5 Å². The summed E-state index contributed by atoms with van der Waals surface area (Å²) in [5, 5.41) is 0. The summed E-state index contributed by atoms with van der Waals surface area (Å²) in [5.74, 6) is 1.54. The first-order valence-corrected chi connectivity index (χ1v) is 12.1. The second-order valence-corrected chi connectivity index (χ2v) is 9.12. The van der Waals surface area contributed by atoms with Gasteiger partial charge in [0.15, 0.2) is 5.69 Å². The fourth-order valence-electron chi connectivity index (χ4n) is 4.12. The lowest BCUT2D eigenvalue weighted by Crippen LogP contribution is -2.44. The maximum absolute atomic E-state index is 13.9. The number of fused-ring (bicyclic) bond motifs is 1. The van der Waals surface area contributed by atoms with Crippen LogP contribution >= 0.6 is 11.5 Å². The van der Waals surface area contributed by atoms with Crippen molar-refractivity contribution in [2.75, 3.05) is 31.8 Å². The molecule has 36 heavy (non-hydrogen) atoms. The summed E-state index contributed by atoms with van der Waals surface area (Å²) in [6, 6.07) is 12.0. The van der Waals surface area contributed by atoms with Crippen LogP contribution in [-0.4, -0.2) is 47.3 Å². The minimum Gasteiger partial charge on any atom is -0.497 e. The molecule has 0 N–H and O–H groups in total. The van der Waals surface area contributed by atoms with E-state index in [1.54, 1.807) is 13.2 Å². The summed E-state index contributed by atoms with van der Waals surface area (Å²) in [6.07, 6.45) is -3.47. The standard InChI is InChI=1S/C25H23F3N4O3S/c1-15-13-34-11-10-32(15)20-12-19(18-4-3-9-29-23(18)25(26,27)28)22-21(30-20)24(31-36-22)35-14-16-5-7-17(33-2)8-6-16/h3-9,12,15H,10-11,13-14H2,1-2H3/t15-/m1/s1. The molecule has 188 valence electrons. The molecular weight excluding hydrogens is 493 g/mol. The lowest BCUT2D eigenvalue weighted by atomic mass is 10.0. The first-order valence-electron chi connectivity index (χ1n) is 11.3. The van der Waals surface area contributed by atoms with Crippen LogP contribution in [0.5, 0.6) is 11.6 Å². The molecule has 0 saturated carbocycles. The van der Waals surface area contributed by atoms with Crippen LogP contribution in [0.1, 0.15) is 18.2 Å². The molecule has 0 radical (unpaired) electrons. The highest BCUT2D eigenvalue weighted by Gasteiger charge is 2.36. The van der Waals surface area contributed by atoms with Gasteiger partial charge in [0, 0.05) is 23.9 Å². The third kappa shape index (κ3) is 4.80. The number of hydrogen-bond donors (Lipinski definition) is 0. The van der Waals surface area contributed by atoms with Crippen molar-refractivity contribution in [3.63, 3.8) is 0 Å². The summed E-state index contributed by atoms with van der Waals surface area (Å²) >= 11 is 1.06. The number of benzene rings is 1. The van der Waals surface area contributed by atoms with Crippen LogP contribution < -0.4 is 14.4 Å². The molecule has 4 aromatic rings. The molecule has 1 fully saturated rings. The zero-order chi connectivity index (χ0) is 25.3. The third-order valence-corrected chi connectivity index (χ3v) is 6.80. The lowest BCUT2D eigenvalue weighted by molar-refractivity contribution is -0.140. The van der Waals surface area contributed by atoms with Crippen LogP contribution in [0.3, 0.4) is 0 Å². The van der Waals surface area contributed by atoms with E-state index in [9.17, 15) is 13.2 Å². The van der Waals surface area contributed by atoms with Gasteiger partial charge >= 0.3 is 6.18 Å². The molecule has 0 spiro atoms. The first kappa shape index (κ1) is 24.3. The Labute approximate surface area is 209 Å². The number of aromatic nitrogens is 3. The molecule has 0 amide bonds. The minimum atomic E-state index is -4.61. The van der Waals surface area contributed by atoms with Crippen molar-refractivity contribution >= 4 is 27.6 Å². The Hall–Kier alpha value is -3.44. The van der Waals surface area contributed by atoms with E-state index in [1.165, 1.54) is 12.1 Å². The fourth-order valence-corrected chi connectivity index (χ4v) is 4.92. The number of morpholine rings is 1. The molecule has 1 aromatic carbocycles. The predicted molar refractivity (Wildman–Crippen MR) is 131 cm³/mol. The van der Waals surface area contributed by atoms with Crippen molar-refractivity contribution in [1.82, 2.24) is 14.3 Å². The van der Waals surface area contributed by atoms with Gasteiger partial charge in [0.05, 0.1) is 31.1 Å². The summed E-state index contributed by atoms with van der Waals surface area (Å²) < 4.78 is 63.2. The van der Waals surface area contributed by atoms with E-state index in [1.807, 2.05) is 36.1 Å². The fraction of sp³-hybridized carbons (Fsp3) is 0.320. The molecular formula is C25H23F3N4O3S. The normalized spacial score (nSPS) is 16.4. The number of alkyl halides is 3. The number of methoxy groups -OCH3 is 1. The van der Waals surface area contributed by atoms with E-state index in [2.05, 4.69) is 9.36 Å². The number of nitrogens with zero attached hydrogens (tertiary/aromatic N) is 4. The Morgan fingerprint density at radius 2 is 1.97 bits per heavy atom. The second kappa shape index (κ2) is 9.90. The van der Waals surface area contributed by atoms with E-state index < -0.39 is 11.9 Å². The highest BCUT2D eigenvalue weighted by molar-refractivity contribution is 7.14. The van der Waals surface area contributed by atoms with Crippen molar-refractivity contribution in [2.24, 2.45) is 0 Å². The molecule has 0 bridgehead atoms. The van der Waals surface area contributed by atoms with Crippen molar-refractivity contribution in [3.05, 3.63) is 59.9 Å². The zero-order valence-corrected chi connectivity index (χ0v) is 20.4. The van der Waals surface area contributed by atoms with Crippen LogP contribution in [0.4, 0.5) is 19.0 Å². The van der Waals surface area contributed by atoms with Crippen LogP contribution in [0.15, 0.2) is 48.7 Å². The molecule has 1 atom stereocenters. The molecule has 7 nitrogen and oxygen atoms in total. The van der Waals surface area contributed by atoms with Gasteiger partial charge in [-0.2, -0.15) is 17.5 Å². The van der Waals surface area contributed by atoms with Gasteiger partial charge < -0.3 is 19.1 Å². The molecule has 5 rings (SSSR count). The molecule has 1 aliphatic heterocycles. The highest BCUT2D eigenvalue weighted by atomic mass is 32.1. The average molecular weight is 517 g/mol. The van der Waals surface area contributed by atoms with Gasteiger partial charge in [-0.3, -0.25) is 4.98 Å². The van der Waals surface area contributed by atoms with Crippen LogP contribution in [0.2, 0.25) is 0 Å². The van der Waals surface area contributed by atoms with Gasteiger partial charge in [0.1, 0.15) is 23.7 Å². The van der Waals surface area contributed by atoms with Gasteiger partial charge in [-0.1, -0.05) is 18.2 Å². The third-order valence-electron chi connectivity index (χ3n) is 5.94. The molecule has 3 aromatic heterocycles. The molecule has 4 heterocycles. The number of anilines is 1. The summed E-state index contributed by atoms with van der Waals surface area (Å²) in [5.41, 5.74) is 0.696. The zero-order valence-electron chi connectivity index (χ0n) is 19.6. The second-order valence-electron chi connectivity index (χ2n) is 8.34. The SMILES string of the molecule is COc1ccc(COc2nsc3c(-c4cccnc4C(F)(F)F)cc(N4CCOC[C@H]4C)nc23)cc1. The largest absolute Gasteiger partial charge is 0.497 e. The number of ether oxygens (including phenoxy) is 3. The molecule has 1 saturated heterocycles. The number of pyridine rings is 2. The Balaban J connectivity index is 1.60. The highest BCUT2D eigenvalue weighted by Crippen LogP contribution is 2.42. The summed E-state index contributed by atoms with van der Waals surface area (Å²) in [4.78, 5) is 10.5. The van der Waals surface area contributed by atoms with Crippen molar-refractivity contribution < 1.29 is 27.4 Å². The Bertz CT molecular complexity index is 1360. The van der Waals surface area contributed by atoms with Crippen LogP contribution in [0, 0.1) is 0 Å². The van der Waals surface area contributed by atoms with Crippen molar-refractivity contribution in [1.29, 1.82) is 0 Å². The average Bonchev–Trinajstić information content (AvgIpc) is 3.30. The van der Waals surface area contributed by atoms with Gasteiger partial charge in [-0.25, -0.2) is 4.98 Å². The molecule has 1 aliphatic rings. The lowest BCUT2D eigenvalue weighted by Gasteiger charge is -2.34. The Morgan fingerprint density at radius 1 is 1.17 bits per heavy atom. The number of rotatable bonds is 6. The van der Waals surface area contributed by atoms with Crippen molar-refractivity contribution in [3.8, 4) is 22.8 Å². The van der Waals surface area contributed by atoms with Gasteiger partial charge in [-0.05, 0) is 48.3 Å². The quantitative estimate of drug-likeness (QED) is 0.331. The molecule has 0 unspecified atom stereocenters. The Kier molecular flexibility index (Phi) is 6.67. The summed E-state index contributed by atoms with van der Waals surface area (Å²) in [7, 11) is 1.59. The number of hydrogen-bond acceptors (Lipinski definition) is 8.